The maximum Gasteiger partial charge on any atom is 0.434 e. The molecule has 0 saturated carbocycles. The lowest BCUT2D eigenvalue weighted by Crippen LogP contribution is -2.44. The summed E-state index contributed by atoms with van der Waals surface area (Å²) >= 11 is 0. The highest BCUT2D eigenvalue weighted by molar-refractivity contribution is 4.87. The first-order valence-corrected chi connectivity index (χ1v) is 3.39. The maximum absolute atomic E-state index is 12.3. The Morgan fingerprint density at radius 1 is 0.875 bits per heavy atom. The summed E-state index contributed by atoms with van der Waals surface area (Å²) in [4.78, 5) is 0. The Balaban J connectivity index is 4.99. The van der Waals surface area contributed by atoms with Crippen LogP contribution >= 0.6 is 0 Å². The first kappa shape index (κ1) is 14.8. The van der Waals surface area contributed by atoms with Gasteiger partial charge in [0.2, 0.25) is 0 Å². The number of rotatable bonds is 3. The van der Waals surface area contributed by atoms with Crippen molar-refractivity contribution in [3.05, 3.63) is 12.0 Å². The number of alkyl halides is 6. The highest BCUT2D eigenvalue weighted by atomic mass is 19.4. The van der Waals surface area contributed by atoms with Crippen molar-refractivity contribution in [3.8, 4) is 0 Å². The standard InChI is InChI=1S/C6H4F8O2/c1-15-2(7)3(8)16-4(5(9,10)11)6(12,13)14/h4H,1H3/b3-2-. The SMILES string of the molecule is CO/C(F)=C(/F)OC(C(F)(F)F)C(F)(F)F. The summed E-state index contributed by atoms with van der Waals surface area (Å²) in [5, 5.41) is 0. The van der Waals surface area contributed by atoms with Crippen LogP contribution in [-0.2, 0) is 9.47 Å². The number of halogens is 8. The second-order valence-electron chi connectivity index (χ2n) is 2.33. The van der Waals surface area contributed by atoms with Crippen molar-refractivity contribution < 1.29 is 44.6 Å². The predicted octanol–water partition coefficient (Wildman–Crippen LogP) is 3.21. The van der Waals surface area contributed by atoms with Crippen LogP contribution in [0.5, 0.6) is 0 Å². The second kappa shape index (κ2) is 4.74. The quantitative estimate of drug-likeness (QED) is 0.573. The van der Waals surface area contributed by atoms with Crippen molar-refractivity contribution in [1.29, 1.82) is 0 Å². The van der Waals surface area contributed by atoms with Gasteiger partial charge in [-0.05, 0) is 0 Å². The summed E-state index contributed by atoms with van der Waals surface area (Å²) in [6, 6.07) is -5.05. The molecule has 0 aromatic carbocycles. The average molecular weight is 260 g/mol. The Kier molecular flexibility index (Phi) is 4.38. The molecule has 2 nitrogen and oxygen atoms in total. The summed E-state index contributed by atoms with van der Waals surface area (Å²) in [5.74, 6) is 0. The molecule has 0 fully saturated rings. The average Bonchev–Trinajstić information content (AvgIpc) is 2.08. The van der Waals surface area contributed by atoms with Gasteiger partial charge in [-0.3, -0.25) is 0 Å². The van der Waals surface area contributed by atoms with Crippen LogP contribution in [0.25, 0.3) is 0 Å². The van der Waals surface area contributed by atoms with E-state index in [1.165, 1.54) is 0 Å². The second-order valence-corrected chi connectivity index (χ2v) is 2.33. The molecule has 16 heavy (non-hydrogen) atoms. The topological polar surface area (TPSA) is 18.5 Å². The molecule has 0 N–H and O–H groups in total. The number of hydrogen-bond donors (Lipinski definition) is 0. The third-order valence-electron chi connectivity index (χ3n) is 1.15. The van der Waals surface area contributed by atoms with Crippen molar-refractivity contribution in [2.45, 2.75) is 18.5 Å². The number of hydrogen-bond acceptors (Lipinski definition) is 2. The van der Waals surface area contributed by atoms with Gasteiger partial charge in [0.1, 0.15) is 0 Å². The normalized spacial score (nSPS) is 14.9. The van der Waals surface area contributed by atoms with Crippen LogP contribution in [0, 0.1) is 0 Å². The van der Waals surface area contributed by atoms with Crippen LogP contribution in [0.2, 0.25) is 0 Å². The first-order chi connectivity index (χ1) is 7.00. The molecule has 0 radical (unpaired) electrons. The minimum Gasteiger partial charge on any atom is -0.470 e. The van der Waals surface area contributed by atoms with Gasteiger partial charge >= 0.3 is 24.4 Å². The summed E-state index contributed by atoms with van der Waals surface area (Å²) in [6.45, 7) is 0. The molecular weight excluding hydrogens is 256 g/mol. The highest BCUT2D eigenvalue weighted by Crippen LogP contribution is 2.37. The van der Waals surface area contributed by atoms with Crippen molar-refractivity contribution in [3.63, 3.8) is 0 Å². The van der Waals surface area contributed by atoms with Gasteiger partial charge in [-0.15, -0.1) is 0 Å². The summed E-state index contributed by atoms with van der Waals surface area (Å²) in [5.41, 5.74) is 0. The fraction of sp³-hybridized carbons (Fsp3) is 0.667. The maximum atomic E-state index is 12.3. The molecule has 0 heterocycles. The molecule has 0 unspecified atom stereocenters. The lowest BCUT2D eigenvalue weighted by Gasteiger charge is -2.22. The minimum absolute atomic E-state index is 0.495. The van der Waals surface area contributed by atoms with E-state index in [2.05, 4.69) is 9.47 Å². The largest absolute Gasteiger partial charge is 0.470 e. The van der Waals surface area contributed by atoms with Crippen molar-refractivity contribution in [2.75, 3.05) is 7.11 Å². The Morgan fingerprint density at radius 3 is 1.50 bits per heavy atom. The zero-order chi connectivity index (χ0) is 13.1. The van der Waals surface area contributed by atoms with E-state index in [0.717, 1.165) is 0 Å². The van der Waals surface area contributed by atoms with E-state index >= 15 is 0 Å². The number of methoxy groups -OCH3 is 1. The molecular formula is C6H4F8O2. The first-order valence-electron chi connectivity index (χ1n) is 3.39. The van der Waals surface area contributed by atoms with Crippen LogP contribution in [0.4, 0.5) is 35.1 Å². The third kappa shape index (κ3) is 4.11. The molecule has 0 amide bonds. The van der Waals surface area contributed by atoms with Crippen LogP contribution in [0.1, 0.15) is 0 Å². The van der Waals surface area contributed by atoms with Gasteiger partial charge in [0, 0.05) is 0 Å². The highest BCUT2D eigenvalue weighted by Gasteiger charge is 2.59. The lowest BCUT2D eigenvalue weighted by atomic mass is 10.3. The van der Waals surface area contributed by atoms with E-state index < -0.39 is 30.5 Å². The summed E-state index contributed by atoms with van der Waals surface area (Å²) in [7, 11) is 0.495. The molecule has 0 aliphatic heterocycles. The monoisotopic (exact) mass is 260 g/mol. The fourth-order valence-electron chi connectivity index (χ4n) is 0.549. The lowest BCUT2D eigenvalue weighted by molar-refractivity contribution is -0.318. The van der Waals surface area contributed by atoms with Crippen molar-refractivity contribution in [2.24, 2.45) is 0 Å². The van der Waals surface area contributed by atoms with Gasteiger partial charge in [-0.1, -0.05) is 0 Å². The van der Waals surface area contributed by atoms with E-state index in [9.17, 15) is 35.1 Å². The summed E-state index contributed by atoms with van der Waals surface area (Å²) in [6.07, 6.45) is -16.3. The van der Waals surface area contributed by atoms with Crippen molar-refractivity contribution >= 4 is 0 Å². The Hall–Kier alpha value is -1.22. The zero-order valence-corrected chi connectivity index (χ0v) is 7.42. The molecule has 0 aliphatic rings. The smallest absolute Gasteiger partial charge is 0.434 e. The van der Waals surface area contributed by atoms with Crippen LogP contribution in [-0.4, -0.2) is 25.6 Å². The Morgan fingerprint density at radius 2 is 1.25 bits per heavy atom. The molecule has 0 spiro atoms. The van der Waals surface area contributed by atoms with E-state index in [1.54, 1.807) is 0 Å². The van der Waals surface area contributed by atoms with E-state index in [-0.39, 0.29) is 0 Å². The van der Waals surface area contributed by atoms with Crippen LogP contribution in [0.15, 0.2) is 12.0 Å². The van der Waals surface area contributed by atoms with E-state index in [0.29, 0.717) is 7.11 Å². The van der Waals surface area contributed by atoms with Crippen LogP contribution in [0.3, 0.4) is 0 Å². The van der Waals surface area contributed by atoms with E-state index in [4.69, 9.17) is 0 Å². The number of ether oxygens (including phenoxy) is 2. The molecule has 96 valence electrons. The Bertz CT molecular complexity index is 251. The van der Waals surface area contributed by atoms with Gasteiger partial charge < -0.3 is 9.47 Å². The minimum atomic E-state index is -5.93. The fourth-order valence-corrected chi connectivity index (χ4v) is 0.549. The zero-order valence-electron chi connectivity index (χ0n) is 7.42. The molecule has 0 saturated heterocycles. The van der Waals surface area contributed by atoms with Gasteiger partial charge in [-0.2, -0.15) is 35.1 Å². The predicted molar refractivity (Wildman–Crippen MR) is 33.2 cm³/mol. The van der Waals surface area contributed by atoms with Crippen LogP contribution < -0.4 is 0 Å². The van der Waals surface area contributed by atoms with Crippen molar-refractivity contribution in [1.82, 2.24) is 0 Å². The molecule has 0 aromatic heterocycles. The summed E-state index contributed by atoms with van der Waals surface area (Å²) < 4.78 is 101. The molecule has 0 rings (SSSR count). The molecule has 0 bridgehead atoms. The van der Waals surface area contributed by atoms with E-state index in [1.807, 2.05) is 0 Å². The van der Waals surface area contributed by atoms with Gasteiger partial charge in [0.05, 0.1) is 7.11 Å². The molecule has 0 aliphatic carbocycles. The van der Waals surface area contributed by atoms with Gasteiger partial charge in [-0.25, -0.2) is 0 Å². The third-order valence-corrected chi connectivity index (χ3v) is 1.15. The van der Waals surface area contributed by atoms with Gasteiger partial charge in [0.25, 0.3) is 6.10 Å². The Labute approximate surface area is 83.4 Å². The molecule has 0 aromatic rings. The van der Waals surface area contributed by atoms with Gasteiger partial charge in [0.15, 0.2) is 0 Å². The molecule has 0 atom stereocenters. The molecule has 10 heteroatoms.